The summed E-state index contributed by atoms with van der Waals surface area (Å²) in [6, 6.07) is -0.358. The monoisotopic (exact) mass is 564 g/mol. The topological polar surface area (TPSA) is 64.4 Å². The molecule has 5 aliphatic rings. The summed E-state index contributed by atoms with van der Waals surface area (Å²) in [5.74, 6) is 2.82. The molecule has 1 N–H and O–H groups in total. The second-order valence-electron chi connectivity index (χ2n) is 16.7. The summed E-state index contributed by atoms with van der Waals surface area (Å²) in [4.78, 5) is 17.3. The summed E-state index contributed by atoms with van der Waals surface area (Å²) in [5.41, 5.74) is 2.22. The quantitative estimate of drug-likeness (QED) is 0.291. The highest BCUT2D eigenvalue weighted by molar-refractivity contribution is 5.73. The molecule has 0 spiro atoms. The molecule has 228 valence electrons. The van der Waals surface area contributed by atoms with E-state index in [0.29, 0.717) is 47.0 Å². The lowest BCUT2D eigenvalue weighted by molar-refractivity contribution is -0.250. The summed E-state index contributed by atoms with van der Waals surface area (Å²) in [6.45, 7) is 21.9. The molecule has 5 aliphatic carbocycles. The van der Waals surface area contributed by atoms with Crippen LogP contribution in [-0.2, 0) is 9.53 Å². The highest BCUT2D eigenvalue weighted by Gasteiger charge is 2.71. The van der Waals surface area contributed by atoms with Crippen LogP contribution in [0, 0.1) is 56.7 Å². The summed E-state index contributed by atoms with van der Waals surface area (Å²) < 4.78 is 8.06. The molecule has 11 atom stereocenters. The van der Waals surface area contributed by atoms with Gasteiger partial charge in [-0.3, -0.25) is 0 Å². The molecule has 5 saturated carbocycles. The van der Waals surface area contributed by atoms with Crippen LogP contribution in [-0.4, -0.2) is 33.3 Å². The van der Waals surface area contributed by atoms with Gasteiger partial charge in [-0.15, -0.1) is 0 Å². The molecule has 0 aliphatic heterocycles. The van der Waals surface area contributed by atoms with Gasteiger partial charge in [-0.2, -0.15) is 0 Å². The van der Waals surface area contributed by atoms with Gasteiger partial charge < -0.3 is 14.4 Å². The molecule has 0 saturated heterocycles. The highest BCUT2D eigenvalue weighted by Crippen LogP contribution is 2.77. The van der Waals surface area contributed by atoms with Crippen LogP contribution >= 0.6 is 0 Å². The molecule has 0 aromatic carbocycles. The Kier molecular flexibility index (Phi) is 6.96. The van der Waals surface area contributed by atoms with E-state index in [1.807, 2.05) is 17.7 Å². The van der Waals surface area contributed by atoms with Crippen LogP contribution in [0.5, 0.6) is 0 Å². The van der Waals surface area contributed by atoms with Crippen molar-refractivity contribution in [2.75, 3.05) is 6.61 Å². The molecule has 0 radical (unpaired) electrons. The van der Waals surface area contributed by atoms with Gasteiger partial charge in [0.05, 0.1) is 19.0 Å². The van der Waals surface area contributed by atoms with E-state index in [1.165, 1.54) is 44.1 Å². The number of imidazole rings is 1. The van der Waals surface area contributed by atoms with Crippen LogP contribution in [0.2, 0.25) is 0 Å². The number of aliphatic hydroxyl groups is 1. The average Bonchev–Trinajstić information content (AvgIpc) is 3.59. The van der Waals surface area contributed by atoms with Crippen LogP contribution in [0.25, 0.3) is 0 Å². The summed E-state index contributed by atoms with van der Waals surface area (Å²) in [7, 11) is 0. The Morgan fingerprint density at radius 2 is 1.76 bits per heavy atom. The zero-order valence-corrected chi connectivity index (χ0v) is 26.9. The third kappa shape index (κ3) is 4.02. The number of rotatable bonds is 5. The molecule has 6 rings (SSSR count). The van der Waals surface area contributed by atoms with E-state index in [2.05, 4.69) is 53.1 Å². The first-order valence-electron chi connectivity index (χ1n) is 16.7. The molecule has 1 aromatic rings. The number of allylic oxidation sites excluding steroid dienone is 1. The van der Waals surface area contributed by atoms with Gasteiger partial charge in [0, 0.05) is 17.8 Å². The van der Waals surface area contributed by atoms with Crippen molar-refractivity contribution in [3.8, 4) is 0 Å². The lowest BCUT2D eigenvalue weighted by atomic mass is 9.32. The zero-order valence-electron chi connectivity index (χ0n) is 26.9. The maximum Gasteiger partial charge on any atom is 0.328 e. The van der Waals surface area contributed by atoms with Gasteiger partial charge in [0.2, 0.25) is 0 Å². The first-order chi connectivity index (χ1) is 19.2. The van der Waals surface area contributed by atoms with E-state index in [-0.39, 0.29) is 34.4 Å². The van der Waals surface area contributed by atoms with Gasteiger partial charge >= 0.3 is 5.97 Å². The second-order valence-corrected chi connectivity index (χ2v) is 16.7. The Balaban J connectivity index is 1.30. The fourth-order valence-corrected chi connectivity index (χ4v) is 12.5. The van der Waals surface area contributed by atoms with Gasteiger partial charge in [0.1, 0.15) is 6.04 Å². The van der Waals surface area contributed by atoms with Crippen LogP contribution < -0.4 is 0 Å². The lowest BCUT2D eigenvalue weighted by Crippen LogP contribution is -2.66. The Hall–Kier alpha value is -1.62. The molecular weight excluding hydrogens is 508 g/mol. The van der Waals surface area contributed by atoms with Crippen LogP contribution in [0.3, 0.4) is 0 Å². The third-order valence-corrected chi connectivity index (χ3v) is 15.0. The predicted molar refractivity (Wildman–Crippen MR) is 163 cm³/mol. The molecule has 5 nitrogen and oxygen atoms in total. The number of esters is 1. The summed E-state index contributed by atoms with van der Waals surface area (Å²) in [6.07, 6.45) is 17.0. The number of hydrogen-bond acceptors (Lipinski definition) is 4. The Bertz CT molecular complexity index is 1180. The first-order valence-corrected chi connectivity index (χ1v) is 16.7. The van der Waals surface area contributed by atoms with Crippen molar-refractivity contribution in [2.45, 2.75) is 125 Å². The number of carbonyl (C=O) groups excluding carboxylic acids is 1. The second kappa shape index (κ2) is 9.69. The highest BCUT2D eigenvalue weighted by atomic mass is 16.5. The van der Waals surface area contributed by atoms with Crippen molar-refractivity contribution < 1.29 is 14.6 Å². The van der Waals surface area contributed by atoms with E-state index in [4.69, 9.17) is 4.74 Å². The lowest BCUT2D eigenvalue weighted by Gasteiger charge is -2.73. The van der Waals surface area contributed by atoms with Crippen LogP contribution in [0.4, 0.5) is 0 Å². The number of ether oxygens (including phenoxy) is 1. The molecular formula is C36H56N2O3. The molecule has 5 fully saturated rings. The van der Waals surface area contributed by atoms with Crippen molar-refractivity contribution in [1.82, 2.24) is 9.55 Å². The normalized spacial score (nSPS) is 47.3. The Morgan fingerprint density at radius 1 is 1.00 bits per heavy atom. The fraction of sp³-hybridized carbons (Fsp3) is 0.833. The first kappa shape index (κ1) is 29.5. The molecule has 0 amide bonds. The van der Waals surface area contributed by atoms with E-state index in [0.717, 1.165) is 25.7 Å². The average molecular weight is 565 g/mol. The van der Waals surface area contributed by atoms with Gasteiger partial charge in [-0.25, -0.2) is 9.78 Å². The molecule has 1 unspecified atom stereocenters. The minimum Gasteiger partial charge on any atom is -0.464 e. The number of aliphatic hydroxyl groups excluding tert-OH is 1. The SMILES string of the molecule is C=C(C)[C@@H]1CC[C@]2(COC(=O)C(C)n3ccnc3)CC[C@]3(C)[C@H](CC[C@@H]4[C@@]5(C)CC[C@H](O)C(C)(C)[C@@H]5CC[C@]43C)[C@@H]12. The third-order valence-electron chi connectivity index (χ3n) is 15.0. The van der Waals surface area contributed by atoms with Crippen LogP contribution in [0.1, 0.15) is 119 Å². The van der Waals surface area contributed by atoms with Gasteiger partial charge in [-0.1, -0.05) is 46.8 Å². The van der Waals surface area contributed by atoms with Crippen molar-refractivity contribution in [3.63, 3.8) is 0 Å². The van der Waals surface area contributed by atoms with Crippen molar-refractivity contribution in [3.05, 3.63) is 30.9 Å². The van der Waals surface area contributed by atoms with E-state index < -0.39 is 0 Å². The van der Waals surface area contributed by atoms with Gasteiger partial charge in [0.15, 0.2) is 0 Å². The smallest absolute Gasteiger partial charge is 0.328 e. The number of carbonyl (C=O) groups is 1. The number of nitrogens with zero attached hydrogens (tertiary/aromatic N) is 2. The summed E-state index contributed by atoms with van der Waals surface area (Å²) in [5, 5.41) is 11.0. The summed E-state index contributed by atoms with van der Waals surface area (Å²) >= 11 is 0. The van der Waals surface area contributed by atoms with Crippen molar-refractivity contribution >= 4 is 5.97 Å². The zero-order chi connectivity index (χ0) is 29.6. The van der Waals surface area contributed by atoms with E-state index in [1.54, 1.807) is 12.5 Å². The van der Waals surface area contributed by atoms with Crippen molar-refractivity contribution in [1.29, 1.82) is 0 Å². The maximum absolute atomic E-state index is 13.2. The van der Waals surface area contributed by atoms with Gasteiger partial charge in [0.25, 0.3) is 0 Å². The minimum atomic E-state index is -0.358. The Morgan fingerprint density at radius 3 is 2.44 bits per heavy atom. The van der Waals surface area contributed by atoms with Crippen molar-refractivity contribution in [2.24, 2.45) is 56.7 Å². The predicted octanol–water partition coefficient (Wildman–Crippen LogP) is 8.01. The molecule has 41 heavy (non-hydrogen) atoms. The standard InChI is InChI=1S/C36H56N2O3/c1-23(2)25-11-16-36(21-41-31(40)24(3)38-20-19-37-22-38)18-17-34(7)26(30(25)36)9-10-28-33(6)14-13-29(39)32(4,5)27(33)12-15-35(28,34)8/h19-20,22,24-30,39H,1,9-18,21H2,2-8H3/t24?,25-,26+,27-,28+,29-,30+,33-,34+,35+,36+/m0/s1. The number of aromatic nitrogens is 2. The molecule has 5 heteroatoms. The van der Waals surface area contributed by atoms with E-state index in [9.17, 15) is 9.90 Å². The fourth-order valence-electron chi connectivity index (χ4n) is 12.5. The number of fused-ring (bicyclic) bond motifs is 7. The maximum atomic E-state index is 13.2. The van der Waals surface area contributed by atoms with Crippen LogP contribution in [0.15, 0.2) is 30.9 Å². The molecule has 0 bridgehead atoms. The van der Waals surface area contributed by atoms with E-state index >= 15 is 0 Å². The molecule has 1 heterocycles. The minimum absolute atomic E-state index is 0.0119. The molecule has 1 aromatic heterocycles. The van der Waals surface area contributed by atoms with Gasteiger partial charge in [-0.05, 0) is 129 Å². The Labute approximate surface area is 248 Å². The number of hydrogen-bond donors (Lipinski definition) is 1. The largest absolute Gasteiger partial charge is 0.464 e.